The Morgan fingerprint density at radius 1 is 1.09 bits per heavy atom. The minimum absolute atomic E-state index is 0.00978. The zero-order chi connectivity index (χ0) is 33.0. The van der Waals surface area contributed by atoms with Crippen LogP contribution in [0.3, 0.4) is 0 Å². The number of fused-ring (bicyclic) bond motifs is 1. The Kier molecular flexibility index (Phi) is 11.7. The summed E-state index contributed by atoms with van der Waals surface area (Å²) in [6, 6.07) is -2.14. The number of hydrogen-bond donors (Lipinski definition) is 5. The van der Waals surface area contributed by atoms with E-state index in [0.717, 1.165) is 0 Å². The number of aromatic nitrogens is 4. The van der Waals surface area contributed by atoms with E-state index in [1.165, 1.54) is 39.1 Å². The van der Waals surface area contributed by atoms with Gasteiger partial charge in [0.25, 0.3) is 0 Å². The van der Waals surface area contributed by atoms with E-state index < -0.39 is 62.3 Å². The predicted octanol–water partition coefficient (Wildman–Crippen LogP) is 0.906. The molecular formula is C26H44N7O10P. The van der Waals surface area contributed by atoms with Crippen molar-refractivity contribution >= 4 is 36.7 Å². The summed E-state index contributed by atoms with van der Waals surface area (Å²) >= 11 is 0. The van der Waals surface area contributed by atoms with E-state index in [2.05, 4.69) is 25.1 Å². The van der Waals surface area contributed by atoms with Gasteiger partial charge in [-0.2, -0.15) is 9.97 Å². The monoisotopic (exact) mass is 645 g/mol. The fourth-order valence-corrected chi connectivity index (χ4v) is 6.75. The fourth-order valence-electron chi connectivity index (χ4n) is 4.93. The van der Waals surface area contributed by atoms with Crippen molar-refractivity contribution in [3.8, 4) is 5.88 Å². The number of aliphatic hydroxyl groups is 2. The second-order valence-corrected chi connectivity index (χ2v) is 13.5. The maximum absolute atomic E-state index is 14.3. The molecule has 2 aromatic rings. The van der Waals surface area contributed by atoms with Crippen LogP contribution in [0.25, 0.3) is 11.2 Å². The number of anilines is 1. The highest BCUT2D eigenvalue weighted by Crippen LogP contribution is 2.45. The summed E-state index contributed by atoms with van der Waals surface area (Å²) in [5, 5.41) is 27.9. The number of imidazole rings is 1. The third-order valence-electron chi connectivity index (χ3n) is 7.07. The molecule has 1 aliphatic heterocycles. The molecule has 2 aromatic heterocycles. The second kappa shape index (κ2) is 14.5. The zero-order valence-corrected chi connectivity index (χ0v) is 27.1. The van der Waals surface area contributed by atoms with Crippen molar-refractivity contribution in [3.05, 3.63) is 6.33 Å². The smallest absolute Gasteiger partial charge is 0.342 e. The van der Waals surface area contributed by atoms with Gasteiger partial charge in [0.15, 0.2) is 17.4 Å². The summed E-state index contributed by atoms with van der Waals surface area (Å²) in [5.41, 5.74) is 4.32. The molecule has 0 aliphatic carbocycles. The lowest BCUT2D eigenvalue weighted by Crippen LogP contribution is -2.46. The van der Waals surface area contributed by atoms with E-state index in [0.29, 0.717) is 0 Å². The van der Waals surface area contributed by atoms with Crippen LogP contribution in [-0.4, -0.2) is 99.5 Å². The van der Waals surface area contributed by atoms with Crippen molar-refractivity contribution in [1.29, 1.82) is 0 Å². The molecule has 1 fully saturated rings. The number of nitrogens with two attached hydrogens (primary N) is 1. The molecule has 0 aromatic carbocycles. The Labute approximate surface area is 255 Å². The van der Waals surface area contributed by atoms with Gasteiger partial charge in [0.2, 0.25) is 11.8 Å². The van der Waals surface area contributed by atoms with E-state index in [-0.39, 0.29) is 47.7 Å². The summed E-state index contributed by atoms with van der Waals surface area (Å²) in [6.07, 6.45) is -2.26. The van der Waals surface area contributed by atoms with E-state index in [1.807, 2.05) is 27.7 Å². The van der Waals surface area contributed by atoms with E-state index in [4.69, 9.17) is 29.2 Å². The van der Waals surface area contributed by atoms with Gasteiger partial charge in [-0.15, -0.1) is 0 Å². The Bertz CT molecular complexity index is 1320. The third kappa shape index (κ3) is 8.02. The molecule has 0 amide bonds. The van der Waals surface area contributed by atoms with E-state index >= 15 is 0 Å². The van der Waals surface area contributed by atoms with Gasteiger partial charge in [0, 0.05) is 0 Å². The third-order valence-corrected chi connectivity index (χ3v) is 8.88. The second-order valence-electron chi connectivity index (χ2n) is 11.6. The molecule has 1 saturated heterocycles. The Hall–Kier alpha value is -2.92. The quantitative estimate of drug-likeness (QED) is 0.134. The van der Waals surface area contributed by atoms with Crippen LogP contribution >= 0.6 is 7.67 Å². The van der Waals surface area contributed by atoms with Gasteiger partial charge in [-0.1, -0.05) is 27.7 Å². The Morgan fingerprint density at radius 2 is 1.64 bits per heavy atom. The van der Waals surface area contributed by atoms with Crippen molar-refractivity contribution < 1.29 is 47.8 Å². The molecule has 3 rings (SSSR count). The van der Waals surface area contributed by atoms with Gasteiger partial charge in [-0.3, -0.25) is 18.7 Å². The number of rotatable bonds is 15. The summed E-state index contributed by atoms with van der Waals surface area (Å²) in [5.74, 6) is -1.41. The average Bonchev–Trinajstić information content (AvgIpc) is 3.46. The molecule has 1 aliphatic rings. The predicted molar refractivity (Wildman–Crippen MR) is 157 cm³/mol. The van der Waals surface area contributed by atoms with Crippen molar-refractivity contribution in [3.63, 3.8) is 0 Å². The SMILES string of the molecule is COC(=O)C(CC(C)C)NP(=O)(NC(CC(C)C)C(=O)OC)OC[C@H]1OC(n2cnc3c(OC)nc(N)nc32)C(C)(O)[C@H]1O. The summed E-state index contributed by atoms with van der Waals surface area (Å²) in [7, 11) is -0.496. The maximum atomic E-state index is 14.3. The number of nitrogens with zero attached hydrogens (tertiary/aromatic N) is 4. The molecule has 248 valence electrons. The molecule has 0 bridgehead atoms. The standard InChI is InChI=1S/C26H44N7O10P/c1-13(2)9-15(22(35)40-7)31-44(38,32-16(10-14(3)4)23(36)41-8)42-11-17-19(34)26(5,37)24(43-17)33-12-28-18-20(33)29-25(27)30-21(18)39-6/h12-17,19,24,34,37H,9-11H2,1-8H3,(H2,27,29,30)(H2,31,32,38)/t15?,16?,17-,19+,24?,26?,44?/m1/s1. The normalized spacial score (nSPS) is 24.8. The van der Waals surface area contributed by atoms with Crippen LogP contribution in [0.15, 0.2) is 6.33 Å². The number of carbonyl (C=O) groups is 2. The molecular weight excluding hydrogens is 601 g/mol. The Balaban J connectivity index is 1.93. The van der Waals surface area contributed by atoms with Crippen molar-refractivity contribution in [2.24, 2.45) is 11.8 Å². The van der Waals surface area contributed by atoms with Crippen molar-refractivity contribution in [1.82, 2.24) is 29.7 Å². The van der Waals surface area contributed by atoms with Crippen LogP contribution in [0.2, 0.25) is 0 Å². The molecule has 0 saturated carbocycles. The summed E-state index contributed by atoms with van der Waals surface area (Å²) < 4.78 is 42.6. The van der Waals surface area contributed by atoms with Gasteiger partial charge in [-0.25, -0.2) is 15.2 Å². The highest BCUT2D eigenvalue weighted by atomic mass is 31.2. The lowest BCUT2D eigenvalue weighted by atomic mass is 9.96. The van der Waals surface area contributed by atoms with E-state index in [9.17, 15) is 24.4 Å². The molecule has 6 atom stereocenters. The molecule has 17 nitrogen and oxygen atoms in total. The molecule has 18 heteroatoms. The van der Waals surface area contributed by atoms with Crippen LogP contribution in [0.5, 0.6) is 5.88 Å². The summed E-state index contributed by atoms with van der Waals surface area (Å²) in [6.45, 7) is 8.27. The molecule has 4 unspecified atom stereocenters. The molecule has 3 heterocycles. The van der Waals surface area contributed by atoms with Crippen LogP contribution in [-0.2, 0) is 32.9 Å². The number of aliphatic hydroxyl groups excluding tert-OH is 1. The molecule has 44 heavy (non-hydrogen) atoms. The van der Waals surface area contributed by atoms with Gasteiger partial charge in [-0.05, 0) is 31.6 Å². The summed E-state index contributed by atoms with van der Waals surface area (Å²) in [4.78, 5) is 37.6. The zero-order valence-electron chi connectivity index (χ0n) is 26.2. The highest BCUT2D eigenvalue weighted by molar-refractivity contribution is 7.54. The Morgan fingerprint density at radius 3 is 2.11 bits per heavy atom. The first kappa shape index (κ1) is 35.6. The van der Waals surface area contributed by atoms with E-state index in [1.54, 1.807) is 0 Å². The number of nitrogen functional groups attached to an aromatic ring is 1. The minimum atomic E-state index is -4.28. The van der Waals surface area contributed by atoms with Gasteiger partial charge in [0.1, 0.15) is 29.9 Å². The van der Waals surface area contributed by atoms with Crippen LogP contribution in [0.1, 0.15) is 53.7 Å². The van der Waals surface area contributed by atoms with Gasteiger partial charge >= 0.3 is 19.6 Å². The van der Waals surface area contributed by atoms with Crippen molar-refractivity contribution in [2.45, 2.75) is 83.6 Å². The largest absolute Gasteiger partial charge is 0.479 e. The van der Waals surface area contributed by atoms with Gasteiger partial charge < -0.3 is 39.4 Å². The maximum Gasteiger partial charge on any atom is 0.342 e. The number of ether oxygens (including phenoxy) is 4. The first-order valence-electron chi connectivity index (χ1n) is 14.1. The first-order valence-corrected chi connectivity index (χ1v) is 15.7. The minimum Gasteiger partial charge on any atom is -0.479 e. The lowest BCUT2D eigenvalue weighted by Gasteiger charge is -2.30. The number of methoxy groups -OCH3 is 3. The number of carbonyl (C=O) groups excluding carboxylic acids is 2. The van der Waals surface area contributed by atoms with Crippen molar-refractivity contribution in [2.75, 3.05) is 33.7 Å². The lowest BCUT2D eigenvalue weighted by molar-refractivity contribution is -0.143. The highest BCUT2D eigenvalue weighted by Gasteiger charge is 2.54. The van der Waals surface area contributed by atoms with Crippen LogP contribution in [0.4, 0.5) is 5.95 Å². The fraction of sp³-hybridized carbons (Fsp3) is 0.731. The topological polar surface area (TPSA) is 232 Å². The van der Waals surface area contributed by atoms with Crippen LogP contribution in [0, 0.1) is 11.8 Å². The first-order chi connectivity index (χ1) is 20.6. The number of hydrogen-bond acceptors (Lipinski definition) is 14. The molecule has 6 N–H and O–H groups in total. The number of nitrogens with one attached hydrogen (secondary N) is 2. The molecule has 0 radical (unpaired) electrons. The number of esters is 2. The molecule has 0 spiro atoms. The van der Waals surface area contributed by atoms with Gasteiger partial charge in [0.05, 0.1) is 34.3 Å². The average molecular weight is 646 g/mol. The van der Waals surface area contributed by atoms with Crippen LogP contribution < -0.4 is 20.6 Å².